The van der Waals surface area contributed by atoms with Crippen LogP contribution in [0.3, 0.4) is 0 Å². The van der Waals surface area contributed by atoms with Crippen molar-refractivity contribution in [3.63, 3.8) is 0 Å². The first-order chi connectivity index (χ1) is 8.58. The highest BCUT2D eigenvalue weighted by Gasteiger charge is 2.22. The van der Waals surface area contributed by atoms with E-state index in [0.717, 1.165) is 35.6 Å². The molecule has 0 bridgehead atoms. The largest absolute Gasteiger partial charge is 0.489 e. The zero-order valence-corrected chi connectivity index (χ0v) is 11.9. The van der Waals surface area contributed by atoms with Crippen molar-refractivity contribution < 1.29 is 4.74 Å². The second-order valence-electron chi connectivity index (χ2n) is 5.33. The molecule has 2 atom stereocenters. The molecule has 3 heteroatoms. The van der Waals surface area contributed by atoms with Crippen LogP contribution in [0.15, 0.2) is 18.2 Å². The third kappa shape index (κ3) is 3.02. The molecule has 1 aromatic rings. The van der Waals surface area contributed by atoms with E-state index in [4.69, 9.17) is 22.7 Å². The van der Waals surface area contributed by atoms with Gasteiger partial charge >= 0.3 is 0 Å². The van der Waals surface area contributed by atoms with Crippen molar-refractivity contribution in [2.45, 2.75) is 45.6 Å². The summed E-state index contributed by atoms with van der Waals surface area (Å²) >= 11 is 5.10. The molecule has 98 valence electrons. The summed E-state index contributed by atoms with van der Waals surface area (Å²) < 4.78 is 6.18. The SMILES string of the molecule is Cc1cccc(C(N)=S)c1OC1CCCC(C)C1. The van der Waals surface area contributed by atoms with E-state index in [2.05, 4.69) is 6.92 Å². The summed E-state index contributed by atoms with van der Waals surface area (Å²) in [5, 5.41) is 0. The van der Waals surface area contributed by atoms with Crippen molar-refractivity contribution in [1.82, 2.24) is 0 Å². The first-order valence-corrected chi connectivity index (χ1v) is 7.05. The van der Waals surface area contributed by atoms with Crippen LogP contribution >= 0.6 is 12.2 Å². The summed E-state index contributed by atoms with van der Waals surface area (Å²) in [7, 11) is 0. The molecule has 0 heterocycles. The fourth-order valence-electron chi connectivity index (χ4n) is 2.66. The number of rotatable bonds is 3. The summed E-state index contributed by atoms with van der Waals surface area (Å²) in [6.45, 7) is 4.34. The summed E-state index contributed by atoms with van der Waals surface area (Å²) in [5.41, 5.74) is 7.74. The van der Waals surface area contributed by atoms with Gasteiger partial charge in [0.15, 0.2) is 0 Å². The normalized spacial score (nSPS) is 23.7. The molecule has 2 unspecified atom stereocenters. The quantitative estimate of drug-likeness (QED) is 0.846. The summed E-state index contributed by atoms with van der Waals surface area (Å²) in [4.78, 5) is 0.414. The van der Waals surface area contributed by atoms with E-state index in [1.165, 1.54) is 12.8 Å². The van der Waals surface area contributed by atoms with E-state index in [9.17, 15) is 0 Å². The van der Waals surface area contributed by atoms with Crippen molar-refractivity contribution in [3.8, 4) is 5.75 Å². The Kier molecular flexibility index (Phi) is 4.23. The molecule has 18 heavy (non-hydrogen) atoms. The Balaban J connectivity index is 2.20. The summed E-state index contributed by atoms with van der Waals surface area (Å²) in [6.07, 6.45) is 5.14. The third-order valence-electron chi connectivity index (χ3n) is 3.65. The Morgan fingerprint density at radius 2 is 2.17 bits per heavy atom. The number of para-hydroxylation sites is 1. The van der Waals surface area contributed by atoms with Gasteiger partial charge in [0.1, 0.15) is 10.7 Å². The van der Waals surface area contributed by atoms with E-state index in [0.29, 0.717) is 11.1 Å². The Bertz CT molecular complexity index is 444. The van der Waals surface area contributed by atoms with Gasteiger partial charge in [-0.3, -0.25) is 0 Å². The number of nitrogens with two attached hydrogens (primary N) is 1. The smallest absolute Gasteiger partial charge is 0.132 e. The van der Waals surface area contributed by atoms with Gasteiger partial charge in [-0.15, -0.1) is 0 Å². The lowest BCUT2D eigenvalue weighted by Crippen LogP contribution is -2.25. The number of thiocarbonyl (C=S) groups is 1. The van der Waals surface area contributed by atoms with Gasteiger partial charge in [0.25, 0.3) is 0 Å². The van der Waals surface area contributed by atoms with Gasteiger partial charge in [0.2, 0.25) is 0 Å². The molecule has 1 aromatic carbocycles. The molecular formula is C15H21NOS. The molecule has 0 spiro atoms. The molecule has 0 aliphatic heterocycles. The summed E-state index contributed by atoms with van der Waals surface area (Å²) in [6, 6.07) is 5.96. The van der Waals surface area contributed by atoms with Crippen molar-refractivity contribution in [2.75, 3.05) is 0 Å². The van der Waals surface area contributed by atoms with Crippen LogP contribution in [0.1, 0.15) is 43.7 Å². The van der Waals surface area contributed by atoms with Gasteiger partial charge in [-0.25, -0.2) is 0 Å². The minimum Gasteiger partial charge on any atom is -0.489 e. The molecule has 2 rings (SSSR count). The lowest BCUT2D eigenvalue weighted by atomic mass is 9.88. The maximum absolute atomic E-state index is 6.18. The molecule has 2 N–H and O–H groups in total. The van der Waals surface area contributed by atoms with Gasteiger partial charge in [-0.05, 0) is 43.7 Å². The van der Waals surface area contributed by atoms with E-state index in [1.807, 2.05) is 25.1 Å². The highest BCUT2D eigenvalue weighted by molar-refractivity contribution is 7.80. The summed E-state index contributed by atoms with van der Waals surface area (Å²) in [5.74, 6) is 1.63. The van der Waals surface area contributed by atoms with Crippen molar-refractivity contribution >= 4 is 17.2 Å². The predicted octanol–water partition coefficient (Wildman–Crippen LogP) is 3.59. The molecule has 0 amide bonds. The number of ether oxygens (including phenoxy) is 1. The fraction of sp³-hybridized carbons (Fsp3) is 0.533. The topological polar surface area (TPSA) is 35.2 Å². The highest BCUT2D eigenvalue weighted by atomic mass is 32.1. The average Bonchev–Trinajstić information content (AvgIpc) is 2.31. The van der Waals surface area contributed by atoms with Gasteiger partial charge in [-0.1, -0.05) is 37.7 Å². The lowest BCUT2D eigenvalue weighted by Gasteiger charge is -2.28. The van der Waals surface area contributed by atoms with Crippen molar-refractivity contribution in [1.29, 1.82) is 0 Å². The molecule has 1 fully saturated rings. The first-order valence-electron chi connectivity index (χ1n) is 6.64. The number of hydrogen-bond donors (Lipinski definition) is 1. The van der Waals surface area contributed by atoms with Crippen molar-refractivity contribution in [2.24, 2.45) is 11.7 Å². The molecule has 1 aliphatic rings. The van der Waals surface area contributed by atoms with Gasteiger partial charge in [0, 0.05) is 0 Å². The molecule has 2 nitrogen and oxygen atoms in total. The molecule has 0 aromatic heterocycles. The van der Waals surface area contributed by atoms with Crippen molar-refractivity contribution in [3.05, 3.63) is 29.3 Å². The van der Waals surface area contributed by atoms with Gasteiger partial charge < -0.3 is 10.5 Å². The van der Waals surface area contributed by atoms with E-state index >= 15 is 0 Å². The van der Waals surface area contributed by atoms with Crippen LogP contribution in [0.4, 0.5) is 0 Å². The maximum Gasteiger partial charge on any atom is 0.132 e. The number of hydrogen-bond acceptors (Lipinski definition) is 2. The molecule has 1 saturated carbocycles. The Hall–Kier alpha value is -1.09. The Morgan fingerprint density at radius 3 is 2.83 bits per heavy atom. The van der Waals surface area contributed by atoms with E-state index in [1.54, 1.807) is 0 Å². The Morgan fingerprint density at radius 1 is 1.39 bits per heavy atom. The van der Waals surface area contributed by atoms with E-state index < -0.39 is 0 Å². The van der Waals surface area contributed by atoms with Gasteiger partial charge in [0.05, 0.1) is 11.7 Å². The third-order valence-corrected chi connectivity index (χ3v) is 3.87. The molecule has 1 aliphatic carbocycles. The van der Waals surface area contributed by atoms with E-state index in [-0.39, 0.29) is 0 Å². The van der Waals surface area contributed by atoms with Crippen LogP contribution in [0, 0.1) is 12.8 Å². The van der Waals surface area contributed by atoms with Crippen LogP contribution in [0.25, 0.3) is 0 Å². The molecular weight excluding hydrogens is 242 g/mol. The maximum atomic E-state index is 6.18. The first kappa shape index (κ1) is 13.3. The van der Waals surface area contributed by atoms with Crippen LogP contribution in [-0.4, -0.2) is 11.1 Å². The predicted molar refractivity (Wildman–Crippen MR) is 79.1 cm³/mol. The fourth-order valence-corrected chi connectivity index (χ4v) is 2.82. The highest BCUT2D eigenvalue weighted by Crippen LogP contribution is 2.31. The zero-order chi connectivity index (χ0) is 13.1. The van der Waals surface area contributed by atoms with Crippen LogP contribution < -0.4 is 10.5 Å². The molecule has 0 radical (unpaired) electrons. The van der Waals surface area contributed by atoms with Crippen LogP contribution in [-0.2, 0) is 0 Å². The van der Waals surface area contributed by atoms with Crippen LogP contribution in [0.5, 0.6) is 5.75 Å². The minimum absolute atomic E-state index is 0.308. The number of aryl methyl sites for hydroxylation is 1. The standard InChI is InChI=1S/C15H21NOS/c1-10-5-3-7-12(9-10)17-14-11(2)6-4-8-13(14)15(16)18/h4,6,8,10,12H,3,5,7,9H2,1-2H3,(H2,16,18). The zero-order valence-electron chi connectivity index (χ0n) is 11.1. The minimum atomic E-state index is 0.308. The molecule has 0 saturated heterocycles. The second kappa shape index (κ2) is 5.70. The Labute approximate surface area is 115 Å². The van der Waals surface area contributed by atoms with Gasteiger partial charge in [-0.2, -0.15) is 0 Å². The lowest BCUT2D eigenvalue weighted by molar-refractivity contribution is 0.128. The monoisotopic (exact) mass is 263 g/mol. The number of benzene rings is 1. The van der Waals surface area contributed by atoms with Crippen LogP contribution in [0.2, 0.25) is 0 Å². The second-order valence-corrected chi connectivity index (χ2v) is 5.77. The average molecular weight is 263 g/mol.